The molecule has 0 aliphatic heterocycles. The third kappa shape index (κ3) is 5.11. The molecule has 2 aromatic carbocycles. The minimum atomic E-state index is -2.70. The van der Waals surface area contributed by atoms with Gasteiger partial charge in [-0.05, 0) is 48.6 Å². The van der Waals surface area contributed by atoms with Crippen LogP contribution in [0.3, 0.4) is 0 Å². The number of benzene rings is 2. The van der Waals surface area contributed by atoms with E-state index in [1.54, 1.807) is 28.6 Å². The molecule has 8 rings (SSSR count). The SMILES string of the molecule is COc1ccc(Cn2nc(-n3cc4c(-c5nc(-c6cc7cn(C)nc7nc6C(C)C)n(C)c5C5CC5)cccc4n3)cc2C(F)F)cc1. The summed E-state index contributed by atoms with van der Waals surface area (Å²) in [4.78, 5) is 10.3. The maximum absolute atomic E-state index is 14.2. The van der Waals surface area contributed by atoms with Crippen LogP contribution in [0.2, 0.25) is 0 Å². The summed E-state index contributed by atoms with van der Waals surface area (Å²) < 4.78 is 40.6. The van der Waals surface area contributed by atoms with Gasteiger partial charge in [0.2, 0.25) is 0 Å². The minimum absolute atomic E-state index is 0.167. The van der Waals surface area contributed by atoms with Gasteiger partial charge < -0.3 is 9.30 Å². The molecular formula is C36H35F2N9O. The first-order valence-corrected chi connectivity index (χ1v) is 16.1. The Balaban J connectivity index is 1.23. The van der Waals surface area contributed by atoms with Crippen LogP contribution in [0.5, 0.6) is 5.75 Å². The second kappa shape index (κ2) is 11.4. The van der Waals surface area contributed by atoms with Crippen molar-refractivity contribution in [2.45, 2.75) is 51.5 Å². The maximum Gasteiger partial charge on any atom is 0.280 e. The van der Waals surface area contributed by atoms with E-state index in [9.17, 15) is 8.78 Å². The number of ether oxygens (including phenoxy) is 1. The van der Waals surface area contributed by atoms with Crippen LogP contribution in [0.15, 0.2) is 67.0 Å². The van der Waals surface area contributed by atoms with Gasteiger partial charge in [-0.25, -0.2) is 23.4 Å². The van der Waals surface area contributed by atoms with Crippen LogP contribution in [-0.2, 0) is 20.6 Å². The predicted molar refractivity (Wildman–Crippen MR) is 180 cm³/mol. The van der Waals surface area contributed by atoms with Crippen LogP contribution in [0.4, 0.5) is 8.78 Å². The zero-order chi connectivity index (χ0) is 33.3. The fourth-order valence-electron chi connectivity index (χ4n) is 6.58. The van der Waals surface area contributed by atoms with E-state index in [-0.39, 0.29) is 18.2 Å². The number of hydrogen-bond acceptors (Lipinski definition) is 6. The minimum Gasteiger partial charge on any atom is -0.497 e. The third-order valence-corrected chi connectivity index (χ3v) is 9.08. The molecule has 0 bridgehead atoms. The molecule has 1 aliphatic carbocycles. The van der Waals surface area contributed by atoms with Gasteiger partial charge in [-0.1, -0.05) is 38.1 Å². The summed E-state index contributed by atoms with van der Waals surface area (Å²) >= 11 is 0. The van der Waals surface area contributed by atoms with Crippen LogP contribution in [0.1, 0.15) is 67.6 Å². The van der Waals surface area contributed by atoms with Gasteiger partial charge in [0.05, 0.1) is 30.6 Å². The van der Waals surface area contributed by atoms with Gasteiger partial charge in [0.15, 0.2) is 11.5 Å². The summed E-state index contributed by atoms with van der Waals surface area (Å²) in [5, 5.41) is 15.7. The number of pyridine rings is 1. The number of methoxy groups -OCH3 is 1. The lowest BCUT2D eigenvalue weighted by molar-refractivity contribution is 0.139. The van der Waals surface area contributed by atoms with E-state index in [0.29, 0.717) is 17.5 Å². The monoisotopic (exact) mass is 647 g/mol. The molecule has 0 saturated heterocycles. The zero-order valence-corrected chi connectivity index (χ0v) is 27.4. The maximum atomic E-state index is 14.2. The number of aryl methyl sites for hydroxylation is 1. The number of aromatic nitrogens is 9. The second-order valence-corrected chi connectivity index (χ2v) is 12.8. The van der Waals surface area contributed by atoms with Crippen LogP contribution in [-0.4, -0.2) is 51.0 Å². The van der Waals surface area contributed by atoms with E-state index < -0.39 is 6.43 Å². The molecule has 0 radical (unpaired) electrons. The molecule has 48 heavy (non-hydrogen) atoms. The van der Waals surface area contributed by atoms with Crippen molar-refractivity contribution in [2.24, 2.45) is 14.1 Å². The second-order valence-electron chi connectivity index (χ2n) is 12.8. The van der Waals surface area contributed by atoms with E-state index in [0.717, 1.165) is 68.7 Å². The lowest BCUT2D eigenvalue weighted by atomic mass is 10.0. The molecule has 5 heterocycles. The normalized spacial score (nSPS) is 13.5. The number of hydrogen-bond donors (Lipinski definition) is 0. The number of imidazole rings is 1. The first kappa shape index (κ1) is 30.0. The largest absolute Gasteiger partial charge is 0.497 e. The van der Waals surface area contributed by atoms with Crippen molar-refractivity contribution in [1.82, 2.24) is 43.9 Å². The van der Waals surface area contributed by atoms with Crippen molar-refractivity contribution >= 4 is 21.9 Å². The highest BCUT2D eigenvalue weighted by atomic mass is 19.3. The van der Waals surface area contributed by atoms with Gasteiger partial charge in [-0.15, -0.1) is 0 Å². The standard InChI is InChI=1S/C36H35F2N9O/c1-20(2)31-26(15-23-18-44(3)43-35(23)39-31)36-40-32(33(45(36)4)22-11-12-22)25-7-6-8-28-27(25)19-47(41-28)30-16-29(34(37)38)46(42-30)17-21-9-13-24(48-5)14-10-21/h6-10,13-16,18-20,22,34H,11-12,17H2,1-5H3. The first-order valence-electron chi connectivity index (χ1n) is 16.1. The van der Waals surface area contributed by atoms with E-state index in [1.807, 2.05) is 43.7 Å². The summed E-state index contributed by atoms with van der Waals surface area (Å²) in [7, 11) is 5.58. The first-order chi connectivity index (χ1) is 23.2. The molecule has 0 amide bonds. The Morgan fingerprint density at radius 1 is 0.917 bits per heavy atom. The van der Waals surface area contributed by atoms with Crippen molar-refractivity contribution in [2.75, 3.05) is 7.11 Å². The molecule has 0 N–H and O–H groups in total. The Hall–Kier alpha value is -5.39. The molecule has 5 aromatic heterocycles. The molecule has 7 aromatic rings. The molecular weight excluding hydrogens is 612 g/mol. The van der Waals surface area contributed by atoms with E-state index in [4.69, 9.17) is 19.8 Å². The molecule has 1 saturated carbocycles. The van der Waals surface area contributed by atoms with Crippen LogP contribution in [0, 0.1) is 0 Å². The smallest absolute Gasteiger partial charge is 0.280 e. The van der Waals surface area contributed by atoms with Gasteiger partial charge in [0.1, 0.15) is 17.3 Å². The highest BCUT2D eigenvalue weighted by molar-refractivity contribution is 5.95. The number of nitrogens with zero attached hydrogens (tertiary/aromatic N) is 9. The lowest BCUT2D eigenvalue weighted by Crippen LogP contribution is -2.07. The Bertz CT molecular complexity index is 2310. The number of halogens is 2. The van der Waals surface area contributed by atoms with Crippen molar-refractivity contribution in [3.8, 4) is 34.2 Å². The lowest BCUT2D eigenvalue weighted by Gasteiger charge is -2.12. The highest BCUT2D eigenvalue weighted by Crippen LogP contribution is 2.47. The summed E-state index contributed by atoms with van der Waals surface area (Å²) in [6.07, 6.45) is 3.34. The van der Waals surface area contributed by atoms with Gasteiger partial charge in [-0.3, -0.25) is 9.36 Å². The Morgan fingerprint density at radius 3 is 2.42 bits per heavy atom. The fourth-order valence-corrected chi connectivity index (χ4v) is 6.58. The van der Waals surface area contributed by atoms with Crippen LogP contribution < -0.4 is 4.74 Å². The van der Waals surface area contributed by atoms with Crippen molar-refractivity contribution < 1.29 is 13.5 Å². The molecule has 1 fully saturated rings. The van der Waals surface area contributed by atoms with Crippen molar-refractivity contribution in [3.05, 3.63) is 89.6 Å². The summed E-state index contributed by atoms with van der Waals surface area (Å²) in [6, 6.07) is 16.8. The van der Waals surface area contributed by atoms with Crippen molar-refractivity contribution in [3.63, 3.8) is 0 Å². The quantitative estimate of drug-likeness (QED) is 0.161. The van der Waals surface area contributed by atoms with E-state index >= 15 is 0 Å². The average Bonchev–Trinajstić information content (AvgIpc) is 3.36. The van der Waals surface area contributed by atoms with Gasteiger partial charge in [0.25, 0.3) is 6.43 Å². The average molecular weight is 648 g/mol. The van der Waals surface area contributed by atoms with Crippen molar-refractivity contribution in [1.29, 1.82) is 0 Å². The van der Waals surface area contributed by atoms with E-state index in [2.05, 4.69) is 47.8 Å². The molecule has 12 heteroatoms. The highest BCUT2D eigenvalue weighted by Gasteiger charge is 2.33. The topological polar surface area (TPSA) is 93.4 Å². The van der Waals surface area contributed by atoms with Gasteiger partial charge in [-0.2, -0.15) is 15.3 Å². The summed E-state index contributed by atoms with van der Waals surface area (Å²) in [6.45, 7) is 4.47. The van der Waals surface area contributed by atoms with Gasteiger partial charge >= 0.3 is 0 Å². The molecule has 0 unspecified atom stereocenters. The third-order valence-electron chi connectivity index (χ3n) is 9.08. The molecule has 0 atom stereocenters. The van der Waals surface area contributed by atoms with Crippen LogP contribution in [0.25, 0.3) is 50.4 Å². The number of rotatable bonds is 9. The molecule has 0 spiro atoms. The zero-order valence-electron chi connectivity index (χ0n) is 27.4. The van der Waals surface area contributed by atoms with E-state index in [1.165, 1.54) is 16.4 Å². The van der Waals surface area contributed by atoms with Gasteiger partial charge in [0, 0.05) is 66.1 Å². The summed E-state index contributed by atoms with van der Waals surface area (Å²) in [5.41, 5.74) is 7.07. The Labute approximate surface area is 275 Å². The fraction of sp³-hybridized carbons (Fsp3) is 0.306. The molecule has 10 nitrogen and oxygen atoms in total. The Kier molecular flexibility index (Phi) is 7.11. The Morgan fingerprint density at radius 2 is 1.71 bits per heavy atom. The number of alkyl halides is 2. The molecule has 1 aliphatic rings. The summed E-state index contributed by atoms with van der Waals surface area (Å²) in [5.74, 6) is 2.45. The predicted octanol–water partition coefficient (Wildman–Crippen LogP) is 7.57. The van der Waals surface area contributed by atoms with Crippen LogP contribution >= 0.6 is 0 Å². The number of fused-ring (bicyclic) bond motifs is 2. The molecule has 244 valence electrons.